The van der Waals surface area contributed by atoms with Crippen LogP contribution in [0, 0.1) is 17.8 Å². The minimum Gasteiger partial charge on any atom is -0.493 e. The number of amides is 1. The van der Waals surface area contributed by atoms with E-state index in [0.717, 1.165) is 42.0 Å². The number of ether oxygens (including phenoxy) is 2. The minimum atomic E-state index is -3.74. The highest BCUT2D eigenvalue weighted by atomic mass is 32.2. The lowest BCUT2D eigenvalue weighted by Crippen LogP contribution is -2.55. The first-order valence-corrected chi connectivity index (χ1v) is 13.3. The second-order valence-corrected chi connectivity index (χ2v) is 11.0. The Morgan fingerprint density at radius 1 is 1.18 bits per heavy atom. The average Bonchev–Trinajstić information content (AvgIpc) is 2.80. The summed E-state index contributed by atoms with van der Waals surface area (Å²) in [6.45, 7) is 5.94. The van der Waals surface area contributed by atoms with Crippen LogP contribution in [0.2, 0.25) is 0 Å². The van der Waals surface area contributed by atoms with E-state index in [1.807, 2.05) is 39.0 Å². The molecule has 9 heteroatoms. The van der Waals surface area contributed by atoms with E-state index in [0.29, 0.717) is 18.1 Å². The lowest BCUT2D eigenvalue weighted by Gasteiger charge is -2.34. The van der Waals surface area contributed by atoms with E-state index in [2.05, 4.69) is 21.9 Å². The van der Waals surface area contributed by atoms with E-state index in [1.165, 1.54) is 14.1 Å². The summed E-state index contributed by atoms with van der Waals surface area (Å²) in [4.78, 5) is 13.2. The van der Waals surface area contributed by atoms with Crippen LogP contribution in [-0.2, 0) is 15.0 Å². The molecule has 0 bridgehead atoms. The molecular weight excluding hydrogens is 454 g/mol. The van der Waals surface area contributed by atoms with Crippen molar-refractivity contribution in [2.24, 2.45) is 5.92 Å². The van der Waals surface area contributed by atoms with Crippen LogP contribution in [0.5, 0.6) is 11.5 Å². The van der Waals surface area contributed by atoms with Crippen LogP contribution in [0.3, 0.4) is 0 Å². The normalized spacial score (nSPS) is 19.3. The quantitative estimate of drug-likeness (QED) is 0.489. The lowest BCUT2D eigenvalue weighted by atomic mass is 9.79. The van der Waals surface area contributed by atoms with E-state index in [4.69, 9.17) is 9.47 Å². The number of methoxy groups -OCH3 is 1. The maximum Gasteiger partial charge on any atom is 0.279 e. The number of hydrogen-bond acceptors (Lipinski definition) is 5. The van der Waals surface area contributed by atoms with Gasteiger partial charge in [0.2, 0.25) is 5.91 Å². The molecule has 2 N–H and O–H groups in total. The Kier molecular flexibility index (Phi) is 10.7. The summed E-state index contributed by atoms with van der Waals surface area (Å²) in [5, 5.41) is 3.14. The smallest absolute Gasteiger partial charge is 0.279 e. The van der Waals surface area contributed by atoms with E-state index >= 15 is 0 Å². The second-order valence-electron chi connectivity index (χ2n) is 9.04. The number of rotatable bonds is 10. The summed E-state index contributed by atoms with van der Waals surface area (Å²) in [6.07, 6.45) is 4.60. The van der Waals surface area contributed by atoms with E-state index in [-0.39, 0.29) is 23.8 Å². The molecular formula is C25H39N3O5S. The Bertz CT molecular complexity index is 982. The fraction of sp³-hybridized carbons (Fsp3) is 0.640. The van der Waals surface area contributed by atoms with Crippen LogP contribution >= 0.6 is 0 Å². The molecule has 1 aliphatic carbocycles. The molecule has 0 aliphatic heterocycles. The van der Waals surface area contributed by atoms with E-state index < -0.39 is 16.3 Å². The van der Waals surface area contributed by atoms with Gasteiger partial charge in [-0.1, -0.05) is 45.6 Å². The van der Waals surface area contributed by atoms with Gasteiger partial charge < -0.3 is 14.8 Å². The largest absolute Gasteiger partial charge is 0.493 e. The highest BCUT2D eigenvalue weighted by molar-refractivity contribution is 7.87. The predicted molar refractivity (Wildman–Crippen MR) is 134 cm³/mol. The summed E-state index contributed by atoms with van der Waals surface area (Å²) in [5.41, 5.74) is 1.06. The van der Waals surface area contributed by atoms with Crippen LogP contribution in [0.15, 0.2) is 18.2 Å². The van der Waals surface area contributed by atoms with Crippen LogP contribution in [0.1, 0.15) is 64.4 Å². The highest BCUT2D eigenvalue weighted by Gasteiger charge is 2.33. The molecule has 0 saturated heterocycles. The molecule has 1 aromatic rings. The van der Waals surface area contributed by atoms with Crippen molar-refractivity contribution in [3.63, 3.8) is 0 Å². The maximum absolute atomic E-state index is 13.2. The Morgan fingerprint density at radius 3 is 2.50 bits per heavy atom. The van der Waals surface area contributed by atoms with Gasteiger partial charge in [0.25, 0.3) is 10.2 Å². The Labute approximate surface area is 205 Å². The monoisotopic (exact) mass is 493 g/mol. The van der Waals surface area contributed by atoms with Gasteiger partial charge in [0.1, 0.15) is 12.6 Å². The third kappa shape index (κ3) is 7.62. The van der Waals surface area contributed by atoms with Gasteiger partial charge in [-0.2, -0.15) is 17.4 Å². The van der Waals surface area contributed by atoms with Gasteiger partial charge in [0, 0.05) is 32.5 Å². The summed E-state index contributed by atoms with van der Waals surface area (Å²) >= 11 is 0. The zero-order chi connectivity index (χ0) is 25.3. The summed E-state index contributed by atoms with van der Waals surface area (Å²) in [6, 6.07) is 4.90. The van der Waals surface area contributed by atoms with E-state index in [9.17, 15) is 13.2 Å². The van der Waals surface area contributed by atoms with Gasteiger partial charge in [-0.3, -0.25) is 4.79 Å². The van der Waals surface area contributed by atoms with Gasteiger partial charge in [-0.15, -0.1) is 5.92 Å². The number of carbonyl (C=O) groups is 1. The molecule has 3 atom stereocenters. The maximum atomic E-state index is 13.2. The third-order valence-electron chi connectivity index (χ3n) is 6.02. The zero-order valence-electron chi connectivity index (χ0n) is 21.2. The summed E-state index contributed by atoms with van der Waals surface area (Å²) in [5.74, 6) is 6.78. The van der Waals surface area contributed by atoms with Crippen molar-refractivity contribution >= 4 is 16.1 Å². The third-order valence-corrected chi connectivity index (χ3v) is 7.53. The molecule has 8 nitrogen and oxygen atoms in total. The first-order chi connectivity index (χ1) is 16.1. The van der Waals surface area contributed by atoms with Gasteiger partial charge >= 0.3 is 0 Å². The Morgan fingerprint density at radius 2 is 1.88 bits per heavy atom. The number of carbonyl (C=O) groups excluding carboxylic acids is 1. The van der Waals surface area contributed by atoms with Gasteiger partial charge in [-0.05, 0) is 36.5 Å². The highest BCUT2D eigenvalue weighted by Crippen LogP contribution is 2.37. The number of nitrogens with one attached hydrogen (secondary N) is 2. The van der Waals surface area contributed by atoms with Crippen LogP contribution in [0.25, 0.3) is 0 Å². The van der Waals surface area contributed by atoms with Crippen molar-refractivity contribution in [1.82, 2.24) is 14.3 Å². The van der Waals surface area contributed by atoms with Crippen LogP contribution in [0.4, 0.5) is 0 Å². The van der Waals surface area contributed by atoms with Crippen molar-refractivity contribution in [2.45, 2.75) is 70.9 Å². The molecule has 1 saturated carbocycles. The van der Waals surface area contributed by atoms with Crippen LogP contribution in [-0.4, -0.2) is 58.5 Å². The molecule has 2 rings (SSSR count). The van der Waals surface area contributed by atoms with Crippen molar-refractivity contribution in [3.8, 4) is 23.3 Å². The number of hydrogen-bond donors (Lipinski definition) is 2. The molecule has 1 aromatic carbocycles. The van der Waals surface area contributed by atoms with Gasteiger partial charge in [-0.25, -0.2) is 0 Å². The average molecular weight is 494 g/mol. The van der Waals surface area contributed by atoms with Gasteiger partial charge in [0.05, 0.1) is 7.11 Å². The fourth-order valence-corrected chi connectivity index (χ4v) is 4.97. The Hall–Kier alpha value is -2.28. The van der Waals surface area contributed by atoms with Crippen LogP contribution < -0.4 is 19.5 Å². The molecule has 0 radical (unpaired) electrons. The first-order valence-electron chi connectivity index (χ1n) is 11.9. The lowest BCUT2D eigenvalue weighted by molar-refractivity contribution is -0.124. The molecule has 0 aromatic heterocycles. The molecule has 0 spiro atoms. The minimum absolute atomic E-state index is 0.0961. The van der Waals surface area contributed by atoms with Crippen molar-refractivity contribution in [2.75, 3.05) is 27.8 Å². The van der Waals surface area contributed by atoms with E-state index in [1.54, 1.807) is 7.11 Å². The SMILES string of the molecule is CCC#CCOc1ccc([C@@H]2CCCC[C@H]2NC(=O)[C@@H](NS(=O)(=O)N(C)C)C(C)C)cc1OC. The number of benzene rings is 1. The summed E-state index contributed by atoms with van der Waals surface area (Å²) < 4.78 is 39.6. The topological polar surface area (TPSA) is 97.0 Å². The molecule has 0 heterocycles. The van der Waals surface area contributed by atoms with Crippen molar-refractivity contribution < 1.29 is 22.7 Å². The molecule has 190 valence electrons. The predicted octanol–water partition coefficient (Wildman–Crippen LogP) is 3.05. The first kappa shape index (κ1) is 28.0. The zero-order valence-corrected chi connectivity index (χ0v) is 22.0. The molecule has 1 aliphatic rings. The van der Waals surface area contributed by atoms with Crippen molar-refractivity contribution in [1.29, 1.82) is 0 Å². The second kappa shape index (κ2) is 13.0. The molecule has 1 fully saturated rings. The summed E-state index contributed by atoms with van der Waals surface area (Å²) in [7, 11) is 0.741. The number of nitrogens with zero attached hydrogens (tertiary/aromatic N) is 1. The molecule has 1 amide bonds. The Balaban J connectivity index is 2.20. The molecule has 0 unspecified atom stereocenters. The van der Waals surface area contributed by atoms with Crippen molar-refractivity contribution in [3.05, 3.63) is 23.8 Å². The fourth-order valence-electron chi connectivity index (χ4n) is 4.06. The standard InChI is InChI=1S/C25H39N3O5S/c1-7-8-11-16-33-22-15-14-19(17-23(22)32-6)20-12-9-10-13-21(20)26-25(29)24(18(2)3)27-34(30,31)28(4)5/h14-15,17-18,20-21,24,27H,7,9-10,12-13,16H2,1-6H3,(H,26,29)/t20-,21+,24-/m0/s1. The van der Waals surface area contributed by atoms with Gasteiger partial charge in [0.15, 0.2) is 11.5 Å². The molecule has 34 heavy (non-hydrogen) atoms.